The van der Waals surface area contributed by atoms with Gasteiger partial charge in [0.1, 0.15) is 0 Å². The molecule has 112 valence electrons. The molecular formula is C16H15N3O2S. The first-order chi connectivity index (χ1) is 10.6. The second-order valence-electron chi connectivity index (χ2n) is 5.42. The van der Waals surface area contributed by atoms with Gasteiger partial charge < -0.3 is 10.5 Å². The SMILES string of the molecule is Cc1ccccc1C1C=C(N)Oc2nc3n(c(=O)c21)CCS3. The Kier molecular flexibility index (Phi) is 3.00. The van der Waals surface area contributed by atoms with Crippen LogP contribution in [-0.4, -0.2) is 15.3 Å². The molecule has 2 N–H and O–H groups in total. The Bertz CT molecular complexity index is 857. The molecular weight excluding hydrogens is 298 g/mol. The summed E-state index contributed by atoms with van der Waals surface area (Å²) in [7, 11) is 0. The van der Waals surface area contributed by atoms with Crippen molar-refractivity contribution in [3.05, 3.63) is 63.3 Å². The number of fused-ring (bicyclic) bond motifs is 2. The van der Waals surface area contributed by atoms with Gasteiger partial charge in [0.25, 0.3) is 5.56 Å². The molecule has 1 unspecified atom stereocenters. The van der Waals surface area contributed by atoms with Crippen LogP contribution in [-0.2, 0) is 6.54 Å². The van der Waals surface area contributed by atoms with Gasteiger partial charge in [0.15, 0.2) is 11.0 Å². The van der Waals surface area contributed by atoms with E-state index in [4.69, 9.17) is 10.5 Å². The molecule has 1 aromatic heterocycles. The Hall–Kier alpha value is -2.21. The van der Waals surface area contributed by atoms with Crippen molar-refractivity contribution in [1.29, 1.82) is 0 Å². The normalized spacial score (nSPS) is 19.1. The number of aryl methyl sites for hydroxylation is 1. The summed E-state index contributed by atoms with van der Waals surface area (Å²) in [5.41, 5.74) is 8.63. The van der Waals surface area contributed by atoms with Crippen molar-refractivity contribution in [2.24, 2.45) is 5.73 Å². The zero-order valence-electron chi connectivity index (χ0n) is 12.1. The standard InChI is InChI=1S/C16H15N3O2S/c1-9-4-2-3-5-10(9)11-8-12(17)21-14-13(11)15(20)19-6-7-22-16(19)18-14/h2-5,8,11H,6-7,17H2,1H3. The molecule has 0 saturated heterocycles. The van der Waals surface area contributed by atoms with E-state index < -0.39 is 0 Å². The highest BCUT2D eigenvalue weighted by Gasteiger charge is 2.31. The van der Waals surface area contributed by atoms with Crippen molar-refractivity contribution in [1.82, 2.24) is 9.55 Å². The molecule has 22 heavy (non-hydrogen) atoms. The molecule has 3 heterocycles. The molecule has 0 radical (unpaired) electrons. The van der Waals surface area contributed by atoms with Crippen molar-refractivity contribution < 1.29 is 4.74 Å². The van der Waals surface area contributed by atoms with Crippen LogP contribution in [0.4, 0.5) is 0 Å². The van der Waals surface area contributed by atoms with Crippen LogP contribution in [0.2, 0.25) is 0 Å². The van der Waals surface area contributed by atoms with Crippen LogP contribution in [0.15, 0.2) is 46.2 Å². The molecule has 2 aliphatic heterocycles. The van der Waals surface area contributed by atoms with Crippen LogP contribution in [0, 0.1) is 6.92 Å². The lowest BCUT2D eigenvalue weighted by molar-refractivity contribution is 0.370. The summed E-state index contributed by atoms with van der Waals surface area (Å²) in [6, 6.07) is 8.00. The molecule has 1 aromatic carbocycles. The van der Waals surface area contributed by atoms with Crippen LogP contribution < -0.4 is 16.0 Å². The number of ether oxygens (including phenoxy) is 1. The highest BCUT2D eigenvalue weighted by Crippen LogP contribution is 2.37. The van der Waals surface area contributed by atoms with Gasteiger partial charge in [-0.05, 0) is 24.1 Å². The van der Waals surface area contributed by atoms with Crippen LogP contribution in [0.3, 0.4) is 0 Å². The third-order valence-electron chi connectivity index (χ3n) is 4.06. The highest BCUT2D eigenvalue weighted by atomic mass is 32.2. The van der Waals surface area contributed by atoms with Gasteiger partial charge in [0, 0.05) is 18.2 Å². The molecule has 0 saturated carbocycles. The van der Waals surface area contributed by atoms with Crippen molar-refractivity contribution in [2.45, 2.75) is 24.5 Å². The molecule has 1 atom stereocenters. The second kappa shape index (κ2) is 4.91. The lowest BCUT2D eigenvalue weighted by Gasteiger charge is -2.24. The van der Waals surface area contributed by atoms with E-state index >= 15 is 0 Å². The number of hydrogen-bond donors (Lipinski definition) is 1. The summed E-state index contributed by atoms with van der Waals surface area (Å²) < 4.78 is 7.26. The maximum absolute atomic E-state index is 12.9. The molecule has 0 spiro atoms. The molecule has 0 fully saturated rings. The molecule has 0 amide bonds. The summed E-state index contributed by atoms with van der Waals surface area (Å²) >= 11 is 1.57. The molecule has 6 heteroatoms. The third-order valence-corrected chi connectivity index (χ3v) is 5.02. The fourth-order valence-corrected chi connectivity index (χ4v) is 3.92. The fraction of sp³-hybridized carbons (Fsp3) is 0.250. The van der Waals surface area contributed by atoms with E-state index in [1.165, 1.54) is 0 Å². The van der Waals surface area contributed by atoms with E-state index in [0.29, 0.717) is 29.0 Å². The van der Waals surface area contributed by atoms with Crippen molar-refractivity contribution in [2.75, 3.05) is 5.75 Å². The van der Waals surface area contributed by atoms with Gasteiger partial charge in [0.2, 0.25) is 5.88 Å². The van der Waals surface area contributed by atoms with Gasteiger partial charge in [-0.15, -0.1) is 0 Å². The topological polar surface area (TPSA) is 70.1 Å². The van der Waals surface area contributed by atoms with Crippen molar-refractivity contribution in [3.8, 4) is 5.88 Å². The number of hydrogen-bond acceptors (Lipinski definition) is 5. The number of benzene rings is 1. The minimum Gasteiger partial charge on any atom is -0.423 e. The summed E-state index contributed by atoms with van der Waals surface area (Å²) in [6.45, 7) is 2.72. The second-order valence-corrected chi connectivity index (χ2v) is 6.49. The number of nitrogens with two attached hydrogens (primary N) is 1. The van der Waals surface area contributed by atoms with Gasteiger partial charge in [-0.25, -0.2) is 0 Å². The first-order valence-corrected chi connectivity index (χ1v) is 8.12. The Morgan fingerprint density at radius 3 is 3.05 bits per heavy atom. The zero-order valence-corrected chi connectivity index (χ0v) is 12.9. The maximum atomic E-state index is 12.9. The summed E-state index contributed by atoms with van der Waals surface area (Å²) in [5.74, 6) is 1.29. The van der Waals surface area contributed by atoms with Gasteiger partial charge >= 0.3 is 0 Å². The number of allylic oxidation sites excluding steroid dienone is 1. The fourth-order valence-electron chi connectivity index (χ4n) is 2.98. The summed E-state index contributed by atoms with van der Waals surface area (Å²) in [6.07, 6.45) is 1.79. The van der Waals surface area contributed by atoms with E-state index in [1.807, 2.05) is 31.2 Å². The monoisotopic (exact) mass is 313 g/mol. The average molecular weight is 313 g/mol. The Labute approximate surface area is 131 Å². The van der Waals surface area contributed by atoms with E-state index in [2.05, 4.69) is 4.98 Å². The molecule has 4 rings (SSSR count). The van der Waals surface area contributed by atoms with Crippen molar-refractivity contribution >= 4 is 11.8 Å². The number of aromatic nitrogens is 2. The minimum absolute atomic E-state index is 0.0259. The molecule has 2 aliphatic rings. The van der Waals surface area contributed by atoms with Gasteiger partial charge in [-0.1, -0.05) is 36.0 Å². The Morgan fingerprint density at radius 2 is 2.23 bits per heavy atom. The molecule has 5 nitrogen and oxygen atoms in total. The number of rotatable bonds is 1. The predicted octanol–water partition coefficient (Wildman–Crippen LogP) is 1.98. The largest absolute Gasteiger partial charge is 0.423 e. The first-order valence-electron chi connectivity index (χ1n) is 7.13. The number of nitrogens with zero attached hydrogens (tertiary/aromatic N) is 2. The van der Waals surface area contributed by atoms with Gasteiger partial charge in [-0.2, -0.15) is 4.98 Å². The Balaban J connectivity index is 1.97. The molecule has 0 aliphatic carbocycles. The van der Waals surface area contributed by atoms with Gasteiger partial charge in [0.05, 0.1) is 5.56 Å². The van der Waals surface area contributed by atoms with E-state index in [-0.39, 0.29) is 11.5 Å². The summed E-state index contributed by atoms with van der Waals surface area (Å²) in [5, 5.41) is 0.710. The first kappa shape index (κ1) is 13.5. The quantitative estimate of drug-likeness (QED) is 0.815. The van der Waals surface area contributed by atoms with E-state index in [1.54, 1.807) is 22.4 Å². The van der Waals surface area contributed by atoms with Crippen LogP contribution in [0.5, 0.6) is 5.88 Å². The smallest absolute Gasteiger partial charge is 0.262 e. The lowest BCUT2D eigenvalue weighted by Crippen LogP contribution is -2.30. The van der Waals surface area contributed by atoms with E-state index in [0.717, 1.165) is 16.9 Å². The predicted molar refractivity (Wildman–Crippen MR) is 85.1 cm³/mol. The number of thioether (sulfide) groups is 1. The minimum atomic E-state index is -0.214. The van der Waals surface area contributed by atoms with Crippen LogP contribution in [0.1, 0.15) is 22.6 Å². The molecule has 0 bridgehead atoms. The third kappa shape index (κ3) is 1.94. The Morgan fingerprint density at radius 1 is 1.41 bits per heavy atom. The van der Waals surface area contributed by atoms with Crippen LogP contribution in [0.25, 0.3) is 0 Å². The molecule has 2 aromatic rings. The van der Waals surface area contributed by atoms with Gasteiger partial charge in [-0.3, -0.25) is 9.36 Å². The maximum Gasteiger partial charge on any atom is 0.262 e. The average Bonchev–Trinajstić information content (AvgIpc) is 2.95. The zero-order chi connectivity index (χ0) is 15.3. The lowest BCUT2D eigenvalue weighted by atomic mass is 9.88. The van der Waals surface area contributed by atoms with Crippen molar-refractivity contribution in [3.63, 3.8) is 0 Å². The van der Waals surface area contributed by atoms with E-state index in [9.17, 15) is 4.79 Å². The summed E-state index contributed by atoms with van der Waals surface area (Å²) in [4.78, 5) is 17.4. The highest BCUT2D eigenvalue weighted by molar-refractivity contribution is 7.99. The van der Waals surface area contributed by atoms with Crippen LogP contribution >= 0.6 is 11.8 Å².